The summed E-state index contributed by atoms with van der Waals surface area (Å²) in [5.74, 6) is 0.800. The highest BCUT2D eigenvalue weighted by molar-refractivity contribution is 5.22. The Hall–Kier alpha value is -1.71. The predicted octanol–water partition coefficient (Wildman–Crippen LogP) is 2.27. The van der Waals surface area contributed by atoms with Gasteiger partial charge in [0.05, 0.1) is 23.8 Å². The lowest BCUT2D eigenvalue weighted by Gasteiger charge is -2.16. The summed E-state index contributed by atoms with van der Waals surface area (Å²) in [6, 6.07) is 0. The smallest absolute Gasteiger partial charge is 0.156 e. The van der Waals surface area contributed by atoms with E-state index < -0.39 is 0 Å². The molecule has 0 fully saturated rings. The number of nitrogens with zero attached hydrogens (tertiary/aromatic N) is 4. The maximum Gasteiger partial charge on any atom is 0.156 e. The summed E-state index contributed by atoms with van der Waals surface area (Å²) < 4.78 is 1.87. The van der Waals surface area contributed by atoms with E-state index in [1.165, 1.54) is 0 Å². The number of aromatic nitrogens is 4. The molecule has 0 atom stereocenters. The molecule has 2 aromatic heterocycles. The van der Waals surface area contributed by atoms with Crippen molar-refractivity contribution in [2.24, 2.45) is 0 Å². The molecule has 84 valence electrons. The quantitative estimate of drug-likeness (QED) is 0.734. The van der Waals surface area contributed by atoms with Gasteiger partial charge in [-0.05, 0) is 6.92 Å². The van der Waals surface area contributed by atoms with Gasteiger partial charge in [-0.25, -0.2) is 9.97 Å². The molecule has 0 aliphatic heterocycles. The second kappa shape index (κ2) is 3.70. The predicted molar refractivity (Wildman–Crippen MR) is 62.6 cm³/mol. The molecule has 0 N–H and O–H groups in total. The van der Waals surface area contributed by atoms with Gasteiger partial charge in [0, 0.05) is 11.6 Å². The van der Waals surface area contributed by atoms with Gasteiger partial charge < -0.3 is 0 Å². The topological polar surface area (TPSA) is 43.6 Å². The molecule has 0 amide bonds. The van der Waals surface area contributed by atoms with Crippen molar-refractivity contribution in [1.82, 2.24) is 19.5 Å². The lowest BCUT2D eigenvalue weighted by molar-refractivity contribution is 0.564. The molecule has 0 aromatic carbocycles. The molecule has 0 saturated heterocycles. The summed E-state index contributed by atoms with van der Waals surface area (Å²) in [6.45, 7) is 8.32. The van der Waals surface area contributed by atoms with Crippen LogP contribution in [0.2, 0.25) is 0 Å². The first-order valence-electron chi connectivity index (χ1n) is 5.30. The fourth-order valence-electron chi connectivity index (χ4n) is 1.39. The molecular weight excluding hydrogens is 200 g/mol. The van der Waals surface area contributed by atoms with Crippen LogP contribution in [-0.4, -0.2) is 19.5 Å². The largest absolute Gasteiger partial charge is 0.289 e. The third-order valence-corrected chi connectivity index (χ3v) is 2.38. The van der Waals surface area contributed by atoms with Crippen molar-refractivity contribution < 1.29 is 0 Å². The normalized spacial score (nSPS) is 11.8. The molecule has 0 aliphatic rings. The Balaban J connectivity index is 2.33. The maximum absolute atomic E-state index is 4.42. The van der Waals surface area contributed by atoms with E-state index in [9.17, 15) is 0 Å². The highest BCUT2D eigenvalue weighted by Gasteiger charge is 2.15. The molecule has 0 bridgehead atoms. The van der Waals surface area contributed by atoms with Crippen LogP contribution in [0.15, 0.2) is 24.9 Å². The highest BCUT2D eigenvalue weighted by atomic mass is 15.1. The van der Waals surface area contributed by atoms with Gasteiger partial charge in [0.25, 0.3) is 0 Å². The SMILES string of the molecule is Cc1cn(-c2cnc(C(C)(C)C)cn2)cn1. The van der Waals surface area contributed by atoms with Gasteiger partial charge in [0.2, 0.25) is 0 Å². The molecule has 2 heterocycles. The van der Waals surface area contributed by atoms with Crippen molar-refractivity contribution in [1.29, 1.82) is 0 Å². The first-order valence-corrected chi connectivity index (χ1v) is 5.30. The average Bonchev–Trinajstić information content (AvgIpc) is 2.64. The van der Waals surface area contributed by atoms with Crippen molar-refractivity contribution in [3.63, 3.8) is 0 Å². The highest BCUT2D eigenvalue weighted by Crippen LogP contribution is 2.19. The fourth-order valence-corrected chi connectivity index (χ4v) is 1.39. The van der Waals surface area contributed by atoms with Crippen LogP contribution in [0.3, 0.4) is 0 Å². The standard InChI is InChI=1S/C12H16N4/c1-9-7-16(8-15-9)11-6-13-10(5-14-11)12(2,3)4/h5-8H,1-4H3. The van der Waals surface area contributed by atoms with Gasteiger partial charge in [-0.3, -0.25) is 9.55 Å². The molecule has 0 aliphatic carbocycles. The summed E-state index contributed by atoms with van der Waals surface area (Å²) in [5.41, 5.74) is 2.01. The second-order valence-corrected chi connectivity index (χ2v) is 4.93. The minimum absolute atomic E-state index is 0.0381. The van der Waals surface area contributed by atoms with Gasteiger partial charge in [-0.1, -0.05) is 20.8 Å². The third kappa shape index (κ3) is 2.10. The van der Waals surface area contributed by atoms with Crippen LogP contribution in [-0.2, 0) is 5.41 Å². The summed E-state index contributed by atoms with van der Waals surface area (Å²) in [5, 5.41) is 0. The average molecular weight is 216 g/mol. The van der Waals surface area contributed by atoms with Crippen molar-refractivity contribution >= 4 is 0 Å². The van der Waals surface area contributed by atoms with E-state index in [2.05, 4.69) is 35.7 Å². The molecule has 0 unspecified atom stereocenters. The van der Waals surface area contributed by atoms with Crippen LogP contribution in [0, 0.1) is 6.92 Å². The monoisotopic (exact) mass is 216 g/mol. The van der Waals surface area contributed by atoms with Crippen LogP contribution in [0.25, 0.3) is 5.82 Å². The van der Waals surface area contributed by atoms with E-state index in [0.717, 1.165) is 17.2 Å². The molecule has 2 rings (SSSR count). The molecule has 2 aromatic rings. The maximum atomic E-state index is 4.42. The minimum atomic E-state index is 0.0381. The van der Waals surface area contributed by atoms with Crippen LogP contribution >= 0.6 is 0 Å². The van der Waals surface area contributed by atoms with Gasteiger partial charge >= 0.3 is 0 Å². The first kappa shape index (κ1) is 10.8. The molecule has 0 radical (unpaired) electrons. The number of imidazole rings is 1. The van der Waals surface area contributed by atoms with E-state index in [1.807, 2.05) is 23.9 Å². The van der Waals surface area contributed by atoms with E-state index in [0.29, 0.717) is 0 Å². The van der Waals surface area contributed by atoms with Crippen LogP contribution in [0.1, 0.15) is 32.2 Å². The lowest BCUT2D eigenvalue weighted by atomic mass is 9.93. The molecule has 4 nitrogen and oxygen atoms in total. The first-order chi connectivity index (χ1) is 7.47. The Morgan fingerprint density at radius 3 is 2.25 bits per heavy atom. The fraction of sp³-hybridized carbons (Fsp3) is 0.417. The molecule has 4 heteroatoms. The molecular formula is C12H16N4. The zero-order valence-electron chi connectivity index (χ0n) is 10.1. The van der Waals surface area contributed by atoms with Gasteiger partial charge in [0.15, 0.2) is 5.82 Å². The Morgan fingerprint density at radius 2 is 1.81 bits per heavy atom. The number of hydrogen-bond acceptors (Lipinski definition) is 3. The summed E-state index contributed by atoms with van der Waals surface area (Å²) in [7, 11) is 0. The zero-order chi connectivity index (χ0) is 11.8. The van der Waals surface area contributed by atoms with Crippen LogP contribution in [0.4, 0.5) is 0 Å². The summed E-state index contributed by atoms with van der Waals surface area (Å²) in [6.07, 6.45) is 7.28. The number of aryl methyl sites for hydroxylation is 1. The summed E-state index contributed by atoms with van der Waals surface area (Å²) >= 11 is 0. The van der Waals surface area contributed by atoms with Crippen LogP contribution in [0.5, 0.6) is 0 Å². The van der Waals surface area contributed by atoms with E-state index in [4.69, 9.17) is 0 Å². The Morgan fingerprint density at radius 1 is 1.06 bits per heavy atom. The number of hydrogen-bond donors (Lipinski definition) is 0. The zero-order valence-corrected chi connectivity index (χ0v) is 10.1. The van der Waals surface area contributed by atoms with Crippen molar-refractivity contribution in [2.45, 2.75) is 33.1 Å². The van der Waals surface area contributed by atoms with Crippen molar-refractivity contribution in [3.05, 3.63) is 36.3 Å². The van der Waals surface area contributed by atoms with E-state index in [1.54, 1.807) is 12.5 Å². The minimum Gasteiger partial charge on any atom is -0.289 e. The van der Waals surface area contributed by atoms with Gasteiger partial charge in [0.1, 0.15) is 6.33 Å². The van der Waals surface area contributed by atoms with Crippen molar-refractivity contribution in [3.8, 4) is 5.82 Å². The Bertz CT molecular complexity index is 476. The van der Waals surface area contributed by atoms with E-state index >= 15 is 0 Å². The molecule has 0 saturated carbocycles. The number of rotatable bonds is 1. The van der Waals surface area contributed by atoms with Gasteiger partial charge in [-0.2, -0.15) is 0 Å². The van der Waals surface area contributed by atoms with Gasteiger partial charge in [-0.15, -0.1) is 0 Å². The third-order valence-electron chi connectivity index (χ3n) is 2.38. The lowest BCUT2D eigenvalue weighted by Crippen LogP contribution is -2.14. The Labute approximate surface area is 95.4 Å². The Kier molecular flexibility index (Phi) is 2.50. The van der Waals surface area contributed by atoms with Crippen LogP contribution < -0.4 is 0 Å². The van der Waals surface area contributed by atoms with Crippen molar-refractivity contribution in [2.75, 3.05) is 0 Å². The molecule has 16 heavy (non-hydrogen) atoms. The second-order valence-electron chi connectivity index (χ2n) is 4.93. The van der Waals surface area contributed by atoms with E-state index in [-0.39, 0.29) is 5.41 Å². The summed E-state index contributed by atoms with van der Waals surface area (Å²) in [4.78, 5) is 13.0. The molecule has 0 spiro atoms.